The molecule has 0 amide bonds. The molecule has 0 aliphatic rings. The number of nitrogens with one attached hydrogen (secondary N) is 1. The highest BCUT2D eigenvalue weighted by atomic mass is 32.1. The summed E-state index contributed by atoms with van der Waals surface area (Å²) in [6, 6.07) is 4.55. The summed E-state index contributed by atoms with van der Waals surface area (Å²) in [5.74, 6) is 0. The molecule has 3 heterocycles. The predicted molar refractivity (Wildman–Crippen MR) is 85.3 cm³/mol. The molecule has 0 saturated carbocycles. The van der Waals surface area contributed by atoms with E-state index in [0.29, 0.717) is 6.04 Å². The molecule has 0 spiro atoms. The second-order valence-corrected chi connectivity index (χ2v) is 7.02. The lowest BCUT2D eigenvalue weighted by molar-refractivity contribution is 0.896. The molecule has 0 bridgehead atoms. The number of nitrogens with zero attached hydrogens (tertiary/aromatic N) is 2. The molecule has 0 unspecified atom stereocenters. The van der Waals surface area contributed by atoms with Crippen LogP contribution in [-0.2, 0) is 0 Å². The number of rotatable bonds is 4. The summed E-state index contributed by atoms with van der Waals surface area (Å²) in [6.07, 6.45) is 0. The minimum atomic E-state index is 0.399. The van der Waals surface area contributed by atoms with E-state index in [9.17, 15) is 0 Å². The van der Waals surface area contributed by atoms with Crippen LogP contribution in [0.2, 0.25) is 0 Å². The van der Waals surface area contributed by atoms with E-state index in [0.717, 1.165) is 21.5 Å². The monoisotopic (exact) mass is 307 g/mol. The molecular weight excluding hydrogens is 294 g/mol. The summed E-state index contributed by atoms with van der Waals surface area (Å²) in [7, 11) is 0. The largest absolute Gasteiger partial charge is 0.359 e. The van der Waals surface area contributed by atoms with Crippen LogP contribution >= 0.6 is 34.0 Å². The Balaban J connectivity index is 1.84. The van der Waals surface area contributed by atoms with Gasteiger partial charge in [-0.25, -0.2) is 9.97 Å². The molecule has 3 aromatic heterocycles. The minimum Gasteiger partial charge on any atom is -0.359 e. The fourth-order valence-corrected chi connectivity index (χ4v) is 4.09. The average molecular weight is 307 g/mol. The van der Waals surface area contributed by atoms with E-state index in [2.05, 4.69) is 57.4 Å². The van der Waals surface area contributed by atoms with Gasteiger partial charge in [0.2, 0.25) is 0 Å². The van der Waals surface area contributed by atoms with Crippen molar-refractivity contribution in [2.75, 3.05) is 5.32 Å². The van der Waals surface area contributed by atoms with E-state index in [1.54, 1.807) is 34.0 Å². The molecule has 0 fully saturated rings. The van der Waals surface area contributed by atoms with Crippen LogP contribution < -0.4 is 5.32 Å². The smallest absolute Gasteiger partial charge is 0.183 e. The van der Waals surface area contributed by atoms with Gasteiger partial charge in [0.25, 0.3) is 0 Å². The Morgan fingerprint density at radius 1 is 1.05 bits per heavy atom. The molecule has 19 heavy (non-hydrogen) atoms. The van der Waals surface area contributed by atoms with Crippen LogP contribution in [-0.4, -0.2) is 16.0 Å². The quantitative estimate of drug-likeness (QED) is 0.751. The zero-order valence-corrected chi connectivity index (χ0v) is 13.0. The van der Waals surface area contributed by atoms with Crippen molar-refractivity contribution in [3.8, 4) is 21.3 Å². The second-order valence-electron chi connectivity index (χ2n) is 4.35. The van der Waals surface area contributed by atoms with Crippen LogP contribution in [0.3, 0.4) is 0 Å². The van der Waals surface area contributed by atoms with Crippen molar-refractivity contribution in [1.29, 1.82) is 0 Å². The summed E-state index contributed by atoms with van der Waals surface area (Å²) in [4.78, 5) is 10.4. The molecular formula is C13H13N3S3. The van der Waals surface area contributed by atoms with Crippen molar-refractivity contribution < 1.29 is 0 Å². The van der Waals surface area contributed by atoms with E-state index in [1.165, 1.54) is 4.88 Å². The molecule has 0 aliphatic heterocycles. The topological polar surface area (TPSA) is 37.8 Å². The first-order valence-electron chi connectivity index (χ1n) is 5.94. The molecule has 3 rings (SSSR count). The van der Waals surface area contributed by atoms with Crippen molar-refractivity contribution in [3.05, 3.63) is 28.3 Å². The molecule has 0 aromatic carbocycles. The van der Waals surface area contributed by atoms with Gasteiger partial charge < -0.3 is 5.32 Å². The number of hydrogen-bond acceptors (Lipinski definition) is 6. The van der Waals surface area contributed by atoms with Gasteiger partial charge in [-0.2, -0.15) is 0 Å². The zero-order valence-electron chi connectivity index (χ0n) is 10.6. The predicted octanol–water partition coefficient (Wildman–Crippen LogP) is 4.82. The number of anilines is 1. The molecule has 0 radical (unpaired) electrons. The van der Waals surface area contributed by atoms with Crippen LogP contribution in [0.1, 0.15) is 13.8 Å². The van der Waals surface area contributed by atoms with E-state index in [4.69, 9.17) is 0 Å². The fourth-order valence-electron chi connectivity index (χ4n) is 1.61. The van der Waals surface area contributed by atoms with Gasteiger partial charge in [0.1, 0.15) is 16.4 Å². The Morgan fingerprint density at radius 2 is 1.84 bits per heavy atom. The molecule has 0 atom stereocenters. The highest BCUT2D eigenvalue weighted by Gasteiger charge is 2.10. The van der Waals surface area contributed by atoms with E-state index < -0.39 is 0 Å². The van der Waals surface area contributed by atoms with Crippen molar-refractivity contribution in [2.24, 2.45) is 0 Å². The molecule has 0 saturated heterocycles. The van der Waals surface area contributed by atoms with Gasteiger partial charge >= 0.3 is 0 Å². The summed E-state index contributed by atoms with van der Waals surface area (Å²) < 4.78 is 0. The van der Waals surface area contributed by atoms with Gasteiger partial charge in [-0.3, -0.25) is 0 Å². The van der Waals surface area contributed by atoms with Crippen molar-refractivity contribution in [1.82, 2.24) is 9.97 Å². The standard InChI is InChI=1S/C13H13N3S3/c1-8(2)14-13-16-10(7-19-13)9-6-18-12(15-9)11-4-3-5-17-11/h3-8H,1-2H3,(H,14,16). The SMILES string of the molecule is CC(C)Nc1nc(-c2csc(-c3cccs3)n2)cs1. The summed E-state index contributed by atoms with van der Waals surface area (Å²) in [6.45, 7) is 4.22. The second kappa shape index (κ2) is 5.40. The van der Waals surface area contributed by atoms with Crippen molar-refractivity contribution in [3.63, 3.8) is 0 Å². The third kappa shape index (κ3) is 2.86. The van der Waals surface area contributed by atoms with Crippen LogP contribution in [0.25, 0.3) is 21.3 Å². The van der Waals surface area contributed by atoms with Gasteiger partial charge in [-0.1, -0.05) is 6.07 Å². The van der Waals surface area contributed by atoms with Gasteiger partial charge in [0.05, 0.1) is 4.88 Å². The van der Waals surface area contributed by atoms with Crippen LogP contribution in [0.15, 0.2) is 28.3 Å². The van der Waals surface area contributed by atoms with Gasteiger partial charge in [-0.05, 0) is 25.3 Å². The van der Waals surface area contributed by atoms with Crippen molar-refractivity contribution in [2.45, 2.75) is 19.9 Å². The molecule has 3 nitrogen and oxygen atoms in total. The van der Waals surface area contributed by atoms with E-state index in [-0.39, 0.29) is 0 Å². The summed E-state index contributed by atoms with van der Waals surface area (Å²) >= 11 is 5.01. The highest BCUT2D eigenvalue weighted by Crippen LogP contribution is 2.32. The first-order valence-corrected chi connectivity index (χ1v) is 8.58. The normalized spacial score (nSPS) is 11.1. The Hall–Kier alpha value is -1.24. The molecule has 1 N–H and O–H groups in total. The van der Waals surface area contributed by atoms with E-state index >= 15 is 0 Å². The number of thiophene rings is 1. The van der Waals surface area contributed by atoms with Crippen LogP contribution in [0.4, 0.5) is 5.13 Å². The Morgan fingerprint density at radius 3 is 2.58 bits per heavy atom. The fraction of sp³-hybridized carbons (Fsp3) is 0.231. The molecule has 3 aromatic rings. The zero-order chi connectivity index (χ0) is 13.2. The van der Waals surface area contributed by atoms with E-state index in [1.807, 2.05) is 0 Å². The number of thiazole rings is 2. The summed E-state index contributed by atoms with van der Waals surface area (Å²) in [5.41, 5.74) is 1.91. The minimum absolute atomic E-state index is 0.399. The number of aromatic nitrogens is 2. The third-order valence-corrected chi connectivity index (χ3v) is 5.07. The van der Waals surface area contributed by atoms with Crippen molar-refractivity contribution >= 4 is 39.1 Å². The van der Waals surface area contributed by atoms with Crippen LogP contribution in [0, 0.1) is 0 Å². The highest BCUT2D eigenvalue weighted by molar-refractivity contribution is 7.20. The lowest BCUT2D eigenvalue weighted by atomic mass is 10.4. The Labute approximate surface area is 124 Å². The molecule has 0 aliphatic carbocycles. The summed E-state index contributed by atoms with van der Waals surface area (Å²) in [5, 5.41) is 11.5. The maximum absolute atomic E-state index is 4.66. The molecule has 98 valence electrons. The average Bonchev–Trinajstić information content (AvgIpc) is 3.09. The first kappa shape index (κ1) is 12.8. The third-order valence-electron chi connectivity index (χ3n) is 2.41. The van der Waals surface area contributed by atoms with Gasteiger partial charge in [0, 0.05) is 16.8 Å². The van der Waals surface area contributed by atoms with Gasteiger partial charge in [0.15, 0.2) is 5.13 Å². The Kier molecular flexibility index (Phi) is 3.63. The van der Waals surface area contributed by atoms with Gasteiger partial charge in [-0.15, -0.1) is 34.0 Å². The lowest BCUT2D eigenvalue weighted by Crippen LogP contribution is -2.08. The maximum Gasteiger partial charge on any atom is 0.183 e. The maximum atomic E-state index is 4.66. The lowest BCUT2D eigenvalue weighted by Gasteiger charge is -2.04. The molecule has 6 heteroatoms. The first-order chi connectivity index (χ1) is 9.22. The number of hydrogen-bond donors (Lipinski definition) is 1. The Bertz CT molecular complexity index is 652. The van der Waals surface area contributed by atoms with Crippen LogP contribution in [0.5, 0.6) is 0 Å².